The predicted molar refractivity (Wildman–Crippen MR) is 138 cm³/mol. The van der Waals surface area contributed by atoms with Crippen LogP contribution in [-0.4, -0.2) is 53.1 Å². The zero-order valence-corrected chi connectivity index (χ0v) is 21.7. The van der Waals surface area contributed by atoms with E-state index < -0.39 is 16.0 Å². The van der Waals surface area contributed by atoms with E-state index in [-0.39, 0.29) is 16.2 Å². The standard InChI is InChI=1S/C17H18N2O5S.C10H16N/c18-25(22,23)15-11-12(17(20)21)10-14(19-8-4-5-9-19)16(15)24-13-6-2-1-3-7-13;1-11(2,3)9-10-7-5-4-6-8-10/h1-3,6-7,10-11H,4-5,8-9H2,(H,20,21)(H2,18,22,23);4-8H,9H2,1-3H3/q;+1/p-1. The molecular weight excluding hydrogens is 478 g/mol. The van der Waals surface area contributed by atoms with Crippen molar-refractivity contribution < 1.29 is 27.5 Å². The first-order chi connectivity index (χ1) is 16.9. The first-order valence-corrected chi connectivity index (χ1v) is 13.2. The fraction of sp³-hybridized carbons (Fsp3) is 0.296. The number of carbonyl (C=O) groups is 1. The highest BCUT2D eigenvalue weighted by atomic mass is 32.2. The van der Waals surface area contributed by atoms with E-state index >= 15 is 0 Å². The highest BCUT2D eigenvalue weighted by Crippen LogP contribution is 2.40. The van der Waals surface area contributed by atoms with Gasteiger partial charge in [0.05, 0.1) is 32.8 Å². The number of anilines is 1. The van der Waals surface area contributed by atoms with E-state index in [4.69, 9.17) is 9.88 Å². The van der Waals surface area contributed by atoms with Gasteiger partial charge < -0.3 is 24.0 Å². The Morgan fingerprint density at radius 2 is 1.53 bits per heavy atom. The van der Waals surface area contributed by atoms with Gasteiger partial charge in [0.15, 0.2) is 5.75 Å². The van der Waals surface area contributed by atoms with E-state index in [2.05, 4.69) is 51.5 Å². The van der Waals surface area contributed by atoms with Gasteiger partial charge in [-0.2, -0.15) is 0 Å². The zero-order chi connectivity index (χ0) is 26.3. The Bertz CT molecular complexity index is 1270. The lowest BCUT2D eigenvalue weighted by molar-refractivity contribution is -0.884. The number of para-hydroxylation sites is 1. The number of rotatable bonds is 7. The van der Waals surface area contributed by atoms with Crippen LogP contribution in [0, 0.1) is 0 Å². The molecule has 0 saturated carbocycles. The number of hydrogen-bond acceptors (Lipinski definition) is 6. The fourth-order valence-corrected chi connectivity index (χ4v) is 4.65. The van der Waals surface area contributed by atoms with Gasteiger partial charge in [0.1, 0.15) is 17.2 Å². The van der Waals surface area contributed by atoms with Crippen molar-refractivity contribution >= 4 is 21.7 Å². The van der Waals surface area contributed by atoms with Crippen LogP contribution in [0.3, 0.4) is 0 Å². The highest BCUT2D eigenvalue weighted by Gasteiger charge is 2.26. The summed E-state index contributed by atoms with van der Waals surface area (Å²) in [5, 5.41) is 16.6. The number of nitrogens with two attached hydrogens (primary N) is 1. The number of ether oxygens (including phenoxy) is 1. The summed E-state index contributed by atoms with van der Waals surface area (Å²) >= 11 is 0. The molecule has 0 unspecified atom stereocenters. The lowest BCUT2D eigenvalue weighted by atomic mass is 10.1. The van der Waals surface area contributed by atoms with Crippen LogP contribution in [0.1, 0.15) is 28.8 Å². The summed E-state index contributed by atoms with van der Waals surface area (Å²) in [6, 6.07) is 21.6. The lowest BCUT2D eigenvalue weighted by Gasteiger charge is -2.24. The molecule has 3 aromatic rings. The van der Waals surface area contributed by atoms with Crippen molar-refractivity contribution in [2.45, 2.75) is 24.3 Å². The highest BCUT2D eigenvalue weighted by molar-refractivity contribution is 7.89. The van der Waals surface area contributed by atoms with E-state index in [0.29, 0.717) is 24.5 Å². The van der Waals surface area contributed by atoms with Crippen molar-refractivity contribution in [1.29, 1.82) is 0 Å². The summed E-state index contributed by atoms with van der Waals surface area (Å²) in [6.07, 6.45) is 1.84. The molecule has 0 atom stereocenters. The average molecular weight is 512 g/mol. The third-order valence-corrected chi connectivity index (χ3v) is 6.40. The number of primary sulfonamides is 1. The monoisotopic (exact) mass is 511 g/mol. The third kappa shape index (κ3) is 7.81. The summed E-state index contributed by atoms with van der Waals surface area (Å²) in [4.78, 5) is 12.8. The Morgan fingerprint density at radius 3 is 2.03 bits per heavy atom. The van der Waals surface area contributed by atoms with Gasteiger partial charge in [-0.3, -0.25) is 0 Å². The second kappa shape index (κ2) is 11.6. The summed E-state index contributed by atoms with van der Waals surface area (Å²) in [6.45, 7) is 2.44. The van der Waals surface area contributed by atoms with Crippen LogP contribution in [0.15, 0.2) is 77.7 Å². The minimum absolute atomic E-state index is 0.0283. The molecule has 0 aliphatic carbocycles. The van der Waals surface area contributed by atoms with Crippen molar-refractivity contribution in [2.24, 2.45) is 5.14 Å². The molecule has 36 heavy (non-hydrogen) atoms. The molecule has 1 heterocycles. The van der Waals surface area contributed by atoms with Gasteiger partial charge in [0, 0.05) is 24.2 Å². The van der Waals surface area contributed by atoms with Gasteiger partial charge >= 0.3 is 0 Å². The van der Waals surface area contributed by atoms with Crippen molar-refractivity contribution in [3.8, 4) is 11.5 Å². The van der Waals surface area contributed by atoms with Gasteiger partial charge in [0.25, 0.3) is 0 Å². The number of quaternary nitrogens is 1. The quantitative estimate of drug-likeness (QED) is 0.488. The van der Waals surface area contributed by atoms with Crippen LogP contribution in [0.5, 0.6) is 11.5 Å². The van der Waals surface area contributed by atoms with Crippen LogP contribution >= 0.6 is 0 Å². The summed E-state index contributed by atoms with van der Waals surface area (Å²) < 4.78 is 30.9. The Balaban J connectivity index is 0.000000275. The van der Waals surface area contributed by atoms with Crippen molar-refractivity contribution in [2.75, 3.05) is 39.1 Å². The number of carbonyl (C=O) groups excluding carboxylic acids is 1. The van der Waals surface area contributed by atoms with E-state index in [1.165, 1.54) is 11.6 Å². The molecule has 8 nitrogen and oxygen atoms in total. The molecule has 1 aliphatic heterocycles. The number of carboxylic acid groups (broad SMARTS) is 1. The number of hydrogen-bond donors (Lipinski definition) is 1. The first kappa shape index (κ1) is 27.2. The van der Waals surface area contributed by atoms with E-state index in [1.54, 1.807) is 30.3 Å². The average Bonchev–Trinajstić information content (AvgIpc) is 3.34. The zero-order valence-electron chi connectivity index (χ0n) is 20.9. The molecule has 9 heteroatoms. The van der Waals surface area contributed by atoms with Crippen LogP contribution < -0.4 is 19.9 Å². The second-order valence-corrected chi connectivity index (χ2v) is 11.2. The molecule has 3 aromatic carbocycles. The Hall–Kier alpha value is -3.40. The molecule has 0 amide bonds. The Labute approximate surface area is 213 Å². The summed E-state index contributed by atoms with van der Waals surface area (Å²) in [7, 11) is 2.40. The van der Waals surface area contributed by atoms with E-state index in [0.717, 1.165) is 29.9 Å². The van der Waals surface area contributed by atoms with Crippen LogP contribution in [-0.2, 0) is 16.6 Å². The largest absolute Gasteiger partial charge is 0.545 e. The Morgan fingerprint density at radius 1 is 0.972 bits per heavy atom. The summed E-state index contributed by atoms with van der Waals surface area (Å²) in [5.74, 6) is -1.02. The fourth-order valence-electron chi connectivity index (χ4n) is 3.95. The number of sulfonamides is 1. The van der Waals surface area contributed by atoms with Gasteiger partial charge in [-0.15, -0.1) is 0 Å². The van der Waals surface area contributed by atoms with Crippen molar-refractivity contribution in [3.05, 3.63) is 83.9 Å². The predicted octanol–water partition coefficient (Wildman–Crippen LogP) is 2.98. The number of benzene rings is 3. The van der Waals surface area contributed by atoms with Gasteiger partial charge in [-0.1, -0.05) is 48.5 Å². The molecule has 0 radical (unpaired) electrons. The normalized spacial score (nSPS) is 13.6. The number of carboxylic acids is 1. The minimum atomic E-state index is -4.20. The summed E-state index contributed by atoms with van der Waals surface area (Å²) in [5.41, 5.74) is 1.53. The lowest BCUT2D eigenvalue weighted by Crippen LogP contribution is -2.33. The molecule has 192 valence electrons. The van der Waals surface area contributed by atoms with Gasteiger partial charge in [0.2, 0.25) is 10.0 Å². The molecule has 1 aliphatic rings. The molecule has 0 aromatic heterocycles. The smallest absolute Gasteiger partial charge is 0.241 e. The van der Waals surface area contributed by atoms with Crippen molar-refractivity contribution in [3.63, 3.8) is 0 Å². The van der Waals surface area contributed by atoms with Crippen LogP contribution in [0.2, 0.25) is 0 Å². The maximum atomic E-state index is 12.1. The second-order valence-electron chi connectivity index (χ2n) is 9.70. The number of aromatic carboxylic acids is 1. The van der Waals surface area contributed by atoms with Crippen LogP contribution in [0.25, 0.3) is 0 Å². The molecule has 4 rings (SSSR count). The number of nitrogens with zero attached hydrogens (tertiary/aromatic N) is 2. The first-order valence-electron chi connectivity index (χ1n) is 11.7. The maximum Gasteiger partial charge on any atom is 0.241 e. The molecule has 2 N–H and O–H groups in total. The molecule has 0 spiro atoms. The molecule has 1 saturated heterocycles. The van der Waals surface area contributed by atoms with Crippen LogP contribution in [0.4, 0.5) is 5.69 Å². The molecule has 0 bridgehead atoms. The van der Waals surface area contributed by atoms with Gasteiger partial charge in [-0.05, 0) is 37.1 Å². The van der Waals surface area contributed by atoms with Crippen molar-refractivity contribution in [1.82, 2.24) is 0 Å². The molecular formula is C27H33N3O5S. The van der Waals surface area contributed by atoms with E-state index in [1.807, 2.05) is 4.90 Å². The van der Waals surface area contributed by atoms with Gasteiger partial charge in [-0.25, -0.2) is 13.6 Å². The Kier molecular flexibility index (Phi) is 8.73. The third-order valence-electron chi connectivity index (χ3n) is 5.49. The SMILES string of the molecule is C[N+](C)(C)Cc1ccccc1.NS(=O)(=O)c1cc(C(=O)[O-])cc(N2CCCC2)c1Oc1ccccc1. The van der Waals surface area contributed by atoms with E-state index in [9.17, 15) is 18.3 Å². The molecule has 1 fully saturated rings. The minimum Gasteiger partial charge on any atom is -0.545 e. The maximum absolute atomic E-state index is 12.1. The topological polar surface area (TPSA) is 113 Å².